The smallest absolute Gasteiger partial charge is 0.0912 e. The van der Waals surface area contributed by atoms with E-state index in [0.29, 0.717) is 6.54 Å². The fourth-order valence-corrected chi connectivity index (χ4v) is 0.957. The van der Waals surface area contributed by atoms with Crippen LogP contribution in [0, 0.1) is 11.3 Å². The van der Waals surface area contributed by atoms with Gasteiger partial charge in [0, 0.05) is 12.6 Å². The van der Waals surface area contributed by atoms with Crippen LogP contribution in [0.4, 0.5) is 0 Å². The fraction of sp³-hybridized carbons (Fsp3) is 0.100. The first-order valence-electron chi connectivity index (χ1n) is 3.72. The average molecular weight is 158 g/mol. The molecule has 1 aromatic carbocycles. The highest BCUT2D eigenvalue weighted by molar-refractivity contribution is 5.52. The summed E-state index contributed by atoms with van der Waals surface area (Å²) in [4.78, 5) is 0. The molecule has 0 spiro atoms. The second kappa shape index (κ2) is 4.32. The Kier molecular flexibility index (Phi) is 3.06. The third-order valence-electron chi connectivity index (χ3n) is 1.54. The predicted molar refractivity (Wildman–Crippen MR) is 49.0 cm³/mol. The lowest BCUT2D eigenvalue weighted by atomic mass is 10.1. The Bertz CT molecular complexity index is 321. The van der Waals surface area contributed by atoms with Crippen LogP contribution in [-0.2, 0) is 6.54 Å². The van der Waals surface area contributed by atoms with Crippen LogP contribution < -0.4 is 5.73 Å². The molecule has 0 aromatic heterocycles. The molecular formula is C10H10N2. The Morgan fingerprint density at radius 2 is 2.33 bits per heavy atom. The van der Waals surface area contributed by atoms with Gasteiger partial charge in [0.05, 0.1) is 6.07 Å². The summed E-state index contributed by atoms with van der Waals surface area (Å²) >= 11 is 0. The summed E-state index contributed by atoms with van der Waals surface area (Å²) in [5.41, 5.74) is 7.55. The van der Waals surface area contributed by atoms with E-state index < -0.39 is 0 Å². The zero-order valence-electron chi connectivity index (χ0n) is 6.70. The summed E-state index contributed by atoms with van der Waals surface area (Å²) < 4.78 is 0. The molecule has 1 aromatic rings. The van der Waals surface area contributed by atoms with Gasteiger partial charge in [0.25, 0.3) is 0 Å². The van der Waals surface area contributed by atoms with Crippen LogP contribution in [0.15, 0.2) is 30.3 Å². The number of hydrogen-bond donors (Lipinski definition) is 1. The lowest BCUT2D eigenvalue weighted by Gasteiger charge is -1.96. The molecule has 0 atom stereocenters. The van der Waals surface area contributed by atoms with Crippen molar-refractivity contribution in [1.82, 2.24) is 0 Å². The lowest BCUT2D eigenvalue weighted by molar-refractivity contribution is 1.07. The maximum Gasteiger partial charge on any atom is 0.0912 e. The molecule has 2 N–H and O–H groups in total. The van der Waals surface area contributed by atoms with Gasteiger partial charge in [-0.05, 0) is 17.2 Å². The van der Waals surface area contributed by atoms with Crippen LogP contribution in [0.1, 0.15) is 11.1 Å². The van der Waals surface area contributed by atoms with E-state index in [0.717, 1.165) is 11.1 Å². The van der Waals surface area contributed by atoms with Gasteiger partial charge in [-0.2, -0.15) is 5.26 Å². The van der Waals surface area contributed by atoms with Gasteiger partial charge < -0.3 is 5.73 Å². The largest absolute Gasteiger partial charge is 0.326 e. The first-order chi connectivity index (χ1) is 5.86. The van der Waals surface area contributed by atoms with Crippen molar-refractivity contribution in [2.75, 3.05) is 0 Å². The molecule has 0 radical (unpaired) electrons. The molecule has 2 heteroatoms. The molecule has 0 saturated carbocycles. The number of allylic oxidation sites excluding steroid dienone is 1. The molecule has 0 fully saturated rings. The van der Waals surface area contributed by atoms with Crippen LogP contribution >= 0.6 is 0 Å². The van der Waals surface area contributed by atoms with Gasteiger partial charge in [-0.15, -0.1) is 0 Å². The van der Waals surface area contributed by atoms with Crippen LogP contribution in [0.3, 0.4) is 0 Å². The van der Waals surface area contributed by atoms with Gasteiger partial charge in [0.15, 0.2) is 0 Å². The third-order valence-corrected chi connectivity index (χ3v) is 1.54. The molecule has 0 unspecified atom stereocenters. The molecule has 0 aliphatic heterocycles. The Labute approximate surface area is 71.9 Å². The Balaban J connectivity index is 2.88. The number of benzene rings is 1. The van der Waals surface area contributed by atoms with Crippen molar-refractivity contribution in [2.45, 2.75) is 6.54 Å². The maximum absolute atomic E-state index is 8.29. The molecule has 0 aliphatic rings. The summed E-state index contributed by atoms with van der Waals surface area (Å²) in [5.74, 6) is 0. The van der Waals surface area contributed by atoms with E-state index in [1.165, 1.54) is 6.08 Å². The van der Waals surface area contributed by atoms with Gasteiger partial charge in [0.1, 0.15) is 0 Å². The van der Waals surface area contributed by atoms with Crippen LogP contribution in [0.2, 0.25) is 0 Å². The van der Waals surface area contributed by atoms with Crippen molar-refractivity contribution in [1.29, 1.82) is 5.26 Å². The van der Waals surface area contributed by atoms with Gasteiger partial charge in [-0.1, -0.05) is 24.3 Å². The lowest BCUT2D eigenvalue weighted by Crippen LogP contribution is -1.95. The minimum atomic E-state index is 0.536. The topological polar surface area (TPSA) is 49.8 Å². The molecule has 0 aliphatic carbocycles. The zero-order chi connectivity index (χ0) is 8.81. The molecule has 0 amide bonds. The van der Waals surface area contributed by atoms with Gasteiger partial charge in [-0.3, -0.25) is 0 Å². The van der Waals surface area contributed by atoms with Crippen molar-refractivity contribution in [3.05, 3.63) is 41.5 Å². The number of nitriles is 1. The quantitative estimate of drug-likeness (QED) is 0.666. The number of rotatable bonds is 2. The molecule has 1 rings (SSSR count). The molecule has 0 heterocycles. The summed E-state index contributed by atoms with van der Waals surface area (Å²) in [6, 6.07) is 9.74. The molecule has 2 nitrogen and oxygen atoms in total. The van der Waals surface area contributed by atoms with E-state index in [9.17, 15) is 0 Å². The number of nitrogens with two attached hydrogens (primary N) is 1. The highest BCUT2D eigenvalue weighted by Crippen LogP contribution is 2.05. The normalized spacial score (nSPS) is 10.0. The molecule has 12 heavy (non-hydrogen) atoms. The van der Waals surface area contributed by atoms with Crippen molar-refractivity contribution >= 4 is 6.08 Å². The monoisotopic (exact) mass is 158 g/mol. The van der Waals surface area contributed by atoms with Gasteiger partial charge in [-0.25, -0.2) is 0 Å². The Morgan fingerprint density at radius 1 is 1.50 bits per heavy atom. The minimum absolute atomic E-state index is 0.536. The second-order valence-corrected chi connectivity index (χ2v) is 2.41. The van der Waals surface area contributed by atoms with Gasteiger partial charge in [0.2, 0.25) is 0 Å². The predicted octanol–water partition coefficient (Wildman–Crippen LogP) is 1.68. The van der Waals surface area contributed by atoms with Crippen LogP contribution in [0.5, 0.6) is 0 Å². The molecule has 0 saturated heterocycles. The summed E-state index contributed by atoms with van der Waals surface area (Å²) in [6.07, 6.45) is 3.22. The van der Waals surface area contributed by atoms with Gasteiger partial charge >= 0.3 is 0 Å². The van der Waals surface area contributed by atoms with Crippen molar-refractivity contribution in [2.24, 2.45) is 5.73 Å². The van der Waals surface area contributed by atoms with Crippen molar-refractivity contribution in [3.8, 4) is 6.07 Å². The highest BCUT2D eigenvalue weighted by Gasteiger charge is 1.89. The standard InChI is InChI=1S/C10H10N2/c11-6-2-5-9-3-1-4-10(7-9)8-12/h1-5,7H,8,12H2. The Hall–Kier alpha value is -1.59. The summed E-state index contributed by atoms with van der Waals surface area (Å²) in [6.45, 7) is 0.536. The average Bonchev–Trinajstić information content (AvgIpc) is 2.15. The van der Waals surface area contributed by atoms with E-state index in [4.69, 9.17) is 11.0 Å². The SMILES string of the molecule is N#CC=Cc1cccc(CN)c1. The Morgan fingerprint density at radius 3 is 3.00 bits per heavy atom. The fourth-order valence-electron chi connectivity index (χ4n) is 0.957. The number of hydrogen-bond acceptors (Lipinski definition) is 2. The first-order valence-corrected chi connectivity index (χ1v) is 3.72. The van der Waals surface area contributed by atoms with E-state index in [1.54, 1.807) is 6.08 Å². The van der Waals surface area contributed by atoms with E-state index >= 15 is 0 Å². The van der Waals surface area contributed by atoms with Crippen LogP contribution in [0.25, 0.3) is 6.08 Å². The summed E-state index contributed by atoms with van der Waals surface area (Å²) in [5, 5.41) is 8.29. The highest BCUT2D eigenvalue weighted by atomic mass is 14.5. The molecule has 0 bridgehead atoms. The minimum Gasteiger partial charge on any atom is -0.326 e. The maximum atomic E-state index is 8.29. The van der Waals surface area contributed by atoms with Crippen molar-refractivity contribution < 1.29 is 0 Å². The number of nitrogens with zero attached hydrogens (tertiary/aromatic N) is 1. The van der Waals surface area contributed by atoms with E-state index in [1.807, 2.05) is 30.3 Å². The summed E-state index contributed by atoms with van der Waals surface area (Å²) in [7, 11) is 0. The van der Waals surface area contributed by atoms with Crippen LogP contribution in [-0.4, -0.2) is 0 Å². The molecule has 60 valence electrons. The van der Waals surface area contributed by atoms with E-state index in [2.05, 4.69) is 0 Å². The third kappa shape index (κ3) is 2.22. The zero-order valence-corrected chi connectivity index (χ0v) is 6.70. The van der Waals surface area contributed by atoms with E-state index in [-0.39, 0.29) is 0 Å². The van der Waals surface area contributed by atoms with Crippen molar-refractivity contribution in [3.63, 3.8) is 0 Å². The second-order valence-electron chi connectivity index (χ2n) is 2.41. The molecular weight excluding hydrogens is 148 g/mol. The first kappa shape index (κ1) is 8.51.